The summed E-state index contributed by atoms with van der Waals surface area (Å²) in [6.45, 7) is 3.90. The van der Waals surface area contributed by atoms with Crippen LogP contribution < -0.4 is 0 Å². The summed E-state index contributed by atoms with van der Waals surface area (Å²) >= 11 is 0. The largest absolute Gasteiger partial charge is 0.365 e. The lowest BCUT2D eigenvalue weighted by molar-refractivity contribution is 0.0134. The third kappa shape index (κ3) is 3.23. The first-order valence-corrected chi connectivity index (χ1v) is 9.19. The number of ether oxygens (including phenoxy) is 1. The summed E-state index contributed by atoms with van der Waals surface area (Å²) in [6, 6.07) is 16.5. The molecule has 23 heavy (non-hydrogen) atoms. The molecular formula is C19H20O3S. The second kappa shape index (κ2) is 6.30. The summed E-state index contributed by atoms with van der Waals surface area (Å²) in [7, 11) is -3.56. The molecule has 0 fully saturated rings. The number of sulfone groups is 1. The molecule has 0 amide bonds. The van der Waals surface area contributed by atoms with E-state index in [1.165, 1.54) is 0 Å². The molecule has 0 aromatic heterocycles. The lowest BCUT2D eigenvalue weighted by atomic mass is 10.1. The summed E-state index contributed by atoms with van der Waals surface area (Å²) in [5, 5.41) is 0. The van der Waals surface area contributed by atoms with Crippen LogP contribution in [0.2, 0.25) is 0 Å². The first-order chi connectivity index (χ1) is 11.0. The van der Waals surface area contributed by atoms with E-state index >= 15 is 0 Å². The molecule has 3 nitrogen and oxygen atoms in total. The number of hydrogen-bond acceptors (Lipinski definition) is 3. The van der Waals surface area contributed by atoms with Crippen molar-refractivity contribution in [3.05, 3.63) is 76.7 Å². The number of aryl methyl sites for hydroxylation is 1. The van der Waals surface area contributed by atoms with Gasteiger partial charge >= 0.3 is 0 Å². The molecule has 0 aliphatic carbocycles. The predicted octanol–water partition coefficient (Wildman–Crippen LogP) is 4.20. The highest BCUT2D eigenvalue weighted by Gasteiger charge is 2.33. The Labute approximate surface area is 137 Å². The van der Waals surface area contributed by atoms with E-state index in [4.69, 9.17) is 4.74 Å². The molecule has 0 bridgehead atoms. The Morgan fingerprint density at radius 2 is 1.65 bits per heavy atom. The molecule has 120 valence electrons. The van der Waals surface area contributed by atoms with E-state index in [-0.39, 0.29) is 6.10 Å². The standard InChI is InChI=1S/C19H20O3S/c1-14-8-11-17(12-9-14)23(20,21)18-13-10-15(2)22-19(18)16-6-4-3-5-7-16/h3-9,11-13,15,19H,10H2,1-2H3/t15-,19+/m0/s1. The van der Waals surface area contributed by atoms with Gasteiger partial charge in [0.05, 0.1) is 15.9 Å². The van der Waals surface area contributed by atoms with Crippen LogP contribution in [-0.4, -0.2) is 14.5 Å². The van der Waals surface area contributed by atoms with Crippen LogP contribution in [0.15, 0.2) is 70.5 Å². The van der Waals surface area contributed by atoms with Crippen LogP contribution in [0.1, 0.15) is 30.6 Å². The summed E-state index contributed by atoms with van der Waals surface area (Å²) in [5.74, 6) is 0. The van der Waals surface area contributed by atoms with Gasteiger partial charge in [-0.3, -0.25) is 0 Å². The van der Waals surface area contributed by atoms with Gasteiger partial charge in [-0.25, -0.2) is 8.42 Å². The normalized spacial score (nSPS) is 21.7. The third-order valence-electron chi connectivity index (χ3n) is 4.02. The lowest BCUT2D eigenvalue weighted by Gasteiger charge is -2.29. The quantitative estimate of drug-likeness (QED) is 0.848. The molecule has 0 saturated carbocycles. The van der Waals surface area contributed by atoms with Crippen molar-refractivity contribution in [3.63, 3.8) is 0 Å². The van der Waals surface area contributed by atoms with E-state index in [0.29, 0.717) is 16.2 Å². The van der Waals surface area contributed by atoms with Crippen LogP contribution in [0.3, 0.4) is 0 Å². The minimum absolute atomic E-state index is 0.00262. The molecule has 3 rings (SSSR count). The summed E-state index contributed by atoms with van der Waals surface area (Å²) < 4.78 is 32.1. The maximum atomic E-state index is 13.0. The van der Waals surface area contributed by atoms with Crippen LogP contribution in [0.4, 0.5) is 0 Å². The second-order valence-electron chi connectivity index (χ2n) is 5.90. The molecular weight excluding hydrogens is 308 g/mol. The number of benzene rings is 2. The molecule has 0 spiro atoms. The monoisotopic (exact) mass is 328 g/mol. The molecule has 4 heteroatoms. The zero-order valence-electron chi connectivity index (χ0n) is 13.3. The van der Waals surface area contributed by atoms with Gasteiger partial charge in [-0.2, -0.15) is 0 Å². The highest BCUT2D eigenvalue weighted by molar-refractivity contribution is 7.95. The zero-order valence-corrected chi connectivity index (χ0v) is 14.1. The topological polar surface area (TPSA) is 43.4 Å². The fourth-order valence-electron chi connectivity index (χ4n) is 2.72. The summed E-state index contributed by atoms with van der Waals surface area (Å²) in [5.41, 5.74) is 1.90. The van der Waals surface area contributed by atoms with Gasteiger partial charge in [-0.15, -0.1) is 0 Å². The van der Waals surface area contributed by atoms with Crippen LogP contribution in [-0.2, 0) is 14.6 Å². The van der Waals surface area contributed by atoms with E-state index in [1.807, 2.05) is 56.3 Å². The zero-order chi connectivity index (χ0) is 16.4. The van der Waals surface area contributed by atoms with Crippen molar-refractivity contribution in [1.29, 1.82) is 0 Å². The number of rotatable bonds is 3. The van der Waals surface area contributed by atoms with Gasteiger partial charge in [0.15, 0.2) is 0 Å². The van der Waals surface area contributed by atoms with Crippen molar-refractivity contribution >= 4 is 9.84 Å². The molecule has 1 aliphatic heterocycles. The van der Waals surface area contributed by atoms with E-state index < -0.39 is 15.9 Å². The van der Waals surface area contributed by atoms with Gasteiger partial charge in [0.2, 0.25) is 9.84 Å². The molecule has 1 heterocycles. The van der Waals surface area contributed by atoms with E-state index in [0.717, 1.165) is 11.1 Å². The Hall–Kier alpha value is -1.91. The maximum Gasteiger partial charge on any atom is 0.205 e. The van der Waals surface area contributed by atoms with Crippen molar-refractivity contribution in [3.8, 4) is 0 Å². The minimum atomic E-state index is -3.56. The van der Waals surface area contributed by atoms with Crippen molar-refractivity contribution in [1.82, 2.24) is 0 Å². The van der Waals surface area contributed by atoms with Crippen LogP contribution in [0.25, 0.3) is 0 Å². The van der Waals surface area contributed by atoms with Gasteiger partial charge < -0.3 is 4.74 Å². The number of hydrogen-bond donors (Lipinski definition) is 0. The van der Waals surface area contributed by atoms with E-state index in [2.05, 4.69) is 0 Å². The average Bonchev–Trinajstić information content (AvgIpc) is 2.56. The van der Waals surface area contributed by atoms with Crippen molar-refractivity contribution in [2.45, 2.75) is 37.4 Å². The predicted molar refractivity (Wildman–Crippen MR) is 90.8 cm³/mol. The lowest BCUT2D eigenvalue weighted by Crippen LogP contribution is -2.24. The van der Waals surface area contributed by atoms with Gasteiger partial charge in [-0.05, 0) is 38.0 Å². The summed E-state index contributed by atoms with van der Waals surface area (Å²) in [4.78, 5) is 0.652. The van der Waals surface area contributed by atoms with Crippen LogP contribution >= 0.6 is 0 Å². The molecule has 0 saturated heterocycles. The van der Waals surface area contributed by atoms with Gasteiger partial charge in [0, 0.05) is 0 Å². The van der Waals surface area contributed by atoms with Crippen LogP contribution in [0.5, 0.6) is 0 Å². The second-order valence-corrected chi connectivity index (χ2v) is 7.85. The maximum absolute atomic E-state index is 13.0. The molecule has 2 aromatic rings. The first kappa shape index (κ1) is 16.0. The highest BCUT2D eigenvalue weighted by atomic mass is 32.2. The Kier molecular flexibility index (Phi) is 4.37. The Morgan fingerprint density at radius 1 is 1.00 bits per heavy atom. The van der Waals surface area contributed by atoms with Gasteiger partial charge in [0.1, 0.15) is 6.10 Å². The SMILES string of the molecule is Cc1ccc(S(=O)(=O)C2=CC[C@H](C)O[C@@H]2c2ccccc2)cc1. The minimum Gasteiger partial charge on any atom is -0.365 e. The molecule has 2 aromatic carbocycles. The first-order valence-electron chi connectivity index (χ1n) is 7.70. The Balaban J connectivity index is 2.06. The fraction of sp³-hybridized carbons (Fsp3) is 0.263. The molecule has 0 N–H and O–H groups in total. The molecule has 0 radical (unpaired) electrons. The van der Waals surface area contributed by atoms with Crippen molar-refractivity contribution < 1.29 is 13.2 Å². The molecule has 2 atom stereocenters. The average molecular weight is 328 g/mol. The smallest absolute Gasteiger partial charge is 0.205 e. The van der Waals surface area contributed by atoms with Crippen molar-refractivity contribution in [2.75, 3.05) is 0 Å². The molecule has 0 unspecified atom stereocenters. The van der Waals surface area contributed by atoms with Crippen molar-refractivity contribution in [2.24, 2.45) is 0 Å². The highest BCUT2D eigenvalue weighted by Crippen LogP contribution is 2.38. The fourth-order valence-corrected chi connectivity index (χ4v) is 4.27. The van der Waals surface area contributed by atoms with Gasteiger partial charge in [-0.1, -0.05) is 54.1 Å². The molecule has 1 aliphatic rings. The van der Waals surface area contributed by atoms with E-state index in [1.54, 1.807) is 18.2 Å². The summed E-state index contributed by atoms with van der Waals surface area (Å²) in [6.07, 6.45) is 1.86. The van der Waals surface area contributed by atoms with E-state index in [9.17, 15) is 8.42 Å². The Bertz CT molecular complexity index is 805. The Morgan fingerprint density at radius 3 is 2.30 bits per heavy atom. The van der Waals surface area contributed by atoms with Crippen LogP contribution in [0, 0.1) is 6.92 Å². The third-order valence-corrected chi connectivity index (χ3v) is 5.92. The van der Waals surface area contributed by atoms with Gasteiger partial charge in [0.25, 0.3) is 0 Å².